The van der Waals surface area contributed by atoms with Crippen molar-refractivity contribution in [2.24, 2.45) is 0 Å². The molecule has 0 aliphatic heterocycles. The minimum Gasteiger partial charge on any atom is -0.510 e. The van der Waals surface area contributed by atoms with E-state index in [0.717, 1.165) is 83.4 Å². The molecule has 11 rings (SSSR count). The molecular weight excluding hydrogens is 952 g/mol. The summed E-state index contributed by atoms with van der Waals surface area (Å²) in [5.74, 6) is 2.37. The topological polar surface area (TPSA) is 35.9 Å². The first-order chi connectivity index (χ1) is 30.6. The maximum absolute atomic E-state index is 6.67. The number of pyridine rings is 1. The molecule has 0 fully saturated rings. The number of nitrogens with zero attached hydrogens (tertiary/aromatic N) is 4. The van der Waals surface area contributed by atoms with Crippen molar-refractivity contribution in [2.45, 2.75) is 19.8 Å². The normalized spacial score (nSPS) is 11.3. The maximum Gasteiger partial charge on any atom is 0.268 e. The van der Waals surface area contributed by atoms with Crippen LogP contribution in [0.4, 0.5) is 0 Å². The van der Waals surface area contributed by atoms with Gasteiger partial charge >= 0.3 is 0 Å². The molecule has 0 unspecified atom stereocenters. The molecule has 0 aliphatic carbocycles. The number of imidazole rings is 1. The Bertz CT molecular complexity index is 3350. The van der Waals surface area contributed by atoms with Crippen LogP contribution in [0.25, 0.3) is 83.4 Å². The molecule has 0 radical (unpaired) electrons. The summed E-state index contributed by atoms with van der Waals surface area (Å²) in [6.45, 7) is 4.41. The molecule has 0 aliphatic rings. The van der Waals surface area contributed by atoms with E-state index in [2.05, 4.69) is 222 Å². The van der Waals surface area contributed by atoms with Crippen LogP contribution in [0.5, 0.6) is 11.5 Å². The number of hydrogen-bond acceptors (Lipinski definition) is 2. The Balaban J connectivity index is 0.00000471. The minimum absolute atomic E-state index is 0. The predicted octanol–water partition coefficient (Wildman–Crippen LogP) is 13.7. The summed E-state index contributed by atoms with van der Waals surface area (Å²) in [6, 6.07) is 74.9. The summed E-state index contributed by atoms with van der Waals surface area (Å²) >= 11 is 0. The monoisotopic (exact) mass is 991 g/mol. The summed E-state index contributed by atoms with van der Waals surface area (Å²) in [4.78, 5) is 4.83. The standard InChI is InChI=1S/C57H40N4O.Pt/c1-39(2)43-32-33-58-56(35-43)61-52-27-13-12-24-50(52)51-30-29-47(37-54(51)61)62-46-23-14-22-45(36-46)59-38-60(53-31-28-44(34-55(53)59)40-16-6-3-7-17-40)57-48(41-18-8-4-9-19-41)25-15-26-49(57)42-20-10-5-11-21-42;/h3-35,39H,1-2H3;/q-2;. The van der Waals surface area contributed by atoms with Gasteiger partial charge < -0.3 is 13.9 Å². The van der Waals surface area contributed by atoms with Crippen molar-refractivity contribution in [3.63, 3.8) is 0 Å². The van der Waals surface area contributed by atoms with Crippen LogP contribution in [0, 0.1) is 18.5 Å². The van der Waals surface area contributed by atoms with Crippen molar-refractivity contribution in [2.75, 3.05) is 0 Å². The molecule has 0 saturated heterocycles. The fourth-order valence-corrected chi connectivity index (χ4v) is 8.58. The Morgan fingerprint density at radius 2 is 1.19 bits per heavy atom. The summed E-state index contributed by atoms with van der Waals surface area (Å²) < 4.78 is 13.2. The van der Waals surface area contributed by atoms with E-state index < -0.39 is 0 Å². The second-order valence-electron chi connectivity index (χ2n) is 15.8. The third-order valence-corrected chi connectivity index (χ3v) is 11.6. The van der Waals surface area contributed by atoms with Crippen LogP contribution in [0.3, 0.4) is 0 Å². The van der Waals surface area contributed by atoms with E-state index in [-0.39, 0.29) is 21.1 Å². The summed E-state index contributed by atoms with van der Waals surface area (Å²) in [6.07, 6.45) is 5.71. The van der Waals surface area contributed by atoms with Gasteiger partial charge in [-0.05, 0) is 80.2 Å². The number of aromatic nitrogens is 4. The van der Waals surface area contributed by atoms with Crippen LogP contribution in [0.1, 0.15) is 25.3 Å². The second kappa shape index (κ2) is 16.9. The van der Waals surface area contributed by atoms with Crippen LogP contribution in [-0.2, 0) is 21.1 Å². The largest absolute Gasteiger partial charge is 0.510 e. The average molecular weight is 992 g/mol. The fourth-order valence-electron chi connectivity index (χ4n) is 8.58. The zero-order valence-electron chi connectivity index (χ0n) is 34.6. The molecule has 0 spiro atoms. The van der Waals surface area contributed by atoms with Gasteiger partial charge in [0.05, 0.1) is 16.7 Å². The van der Waals surface area contributed by atoms with Crippen LogP contribution in [0.2, 0.25) is 0 Å². The molecule has 5 nitrogen and oxygen atoms in total. The molecule has 0 N–H and O–H groups in total. The Kier molecular flexibility index (Phi) is 10.6. The average Bonchev–Trinajstić information content (AvgIpc) is 3.88. The summed E-state index contributed by atoms with van der Waals surface area (Å²) in [7, 11) is 0. The molecule has 6 heteroatoms. The number of rotatable bonds is 9. The van der Waals surface area contributed by atoms with Crippen molar-refractivity contribution in [3.05, 3.63) is 224 Å². The van der Waals surface area contributed by atoms with Gasteiger partial charge in [-0.15, -0.1) is 29.7 Å². The maximum atomic E-state index is 6.67. The SMILES string of the molecule is CC(C)c1ccnc(-n2c3[c-]c(Oc4[c-]c(-n5[c-][n+](-c6c(-c7ccccc7)cccc6-c6ccccc6)c6ccc(-c7ccccc7)cc65)ccc4)ccc3c3ccccc32)c1.[Pt]. The quantitative estimate of drug-likeness (QED) is 0.107. The fraction of sp³-hybridized carbons (Fsp3) is 0.0526. The Morgan fingerprint density at radius 3 is 1.90 bits per heavy atom. The van der Waals surface area contributed by atoms with E-state index in [9.17, 15) is 0 Å². The van der Waals surface area contributed by atoms with Gasteiger partial charge in [0, 0.05) is 44.3 Å². The summed E-state index contributed by atoms with van der Waals surface area (Å²) in [5.41, 5.74) is 13.7. The zero-order valence-corrected chi connectivity index (χ0v) is 36.9. The number of hydrogen-bond donors (Lipinski definition) is 0. The third kappa shape index (κ3) is 7.35. The van der Waals surface area contributed by atoms with E-state index in [1.807, 2.05) is 24.4 Å². The summed E-state index contributed by atoms with van der Waals surface area (Å²) in [5, 5.41) is 2.22. The van der Waals surface area contributed by atoms with Crippen molar-refractivity contribution < 1.29 is 30.4 Å². The molecule has 0 saturated carbocycles. The first kappa shape index (κ1) is 39.8. The second-order valence-corrected chi connectivity index (χ2v) is 15.8. The molecule has 11 aromatic rings. The first-order valence-corrected chi connectivity index (χ1v) is 21.0. The predicted molar refractivity (Wildman–Crippen MR) is 250 cm³/mol. The van der Waals surface area contributed by atoms with E-state index in [1.54, 1.807) is 0 Å². The molecule has 306 valence electrons. The van der Waals surface area contributed by atoms with E-state index in [4.69, 9.17) is 9.72 Å². The number of benzene rings is 8. The number of ether oxygens (including phenoxy) is 1. The van der Waals surface area contributed by atoms with Gasteiger partial charge in [0.2, 0.25) is 0 Å². The van der Waals surface area contributed by atoms with Gasteiger partial charge in [-0.1, -0.05) is 159 Å². The van der Waals surface area contributed by atoms with Crippen molar-refractivity contribution >= 4 is 32.8 Å². The van der Waals surface area contributed by atoms with E-state index >= 15 is 0 Å². The molecule has 0 amide bonds. The number of para-hydroxylation sites is 2. The van der Waals surface area contributed by atoms with Gasteiger partial charge in [0.1, 0.15) is 5.82 Å². The molecule has 0 atom stereocenters. The van der Waals surface area contributed by atoms with Crippen LogP contribution in [0.15, 0.2) is 200 Å². The van der Waals surface area contributed by atoms with Crippen LogP contribution >= 0.6 is 0 Å². The molecule has 0 bridgehead atoms. The van der Waals surface area contributed by atoms with E-state index in [1.165, 1.54) is 5.56 Å². The van der Waals surface area contributed by atoms with E-state index in [0.29, 0.717) is 17.4 Å². The zero-order chi connectivity index (χ0) is 41.6. The Hall–Kier alpha value is -7.33. The van der Waals surface area contributed by atoms with Gasteiger partial charge in [-0.2, -0.15) is 18.2 Å². The molecule has 63 heavy (non-hydrogen) atoms. The van der Waals surface area contributed by atoms with Gasteiger partial charge in [-0.25, -0.2) is 4.98 Å². The van der Waals surface area contributed by atoms with Gasteiger partial charge in [0.25, 0.3) is 6.33 Å². The van der Waals surface area contributed by atoms with Crippen molar-refractivity contribution in [1.29, 1.82) is 0 Å². The Morgan fingerprint density at radius 1 is 0.540 bits per heavy atom. The van der Waals surface area contributed by atoms with Gasteiger partial charge in [0.15, 0.2) is 0 Å². The minimum atomic E-state index is 0. The molecule has 3 heterocycles. The van der Waals surface area contributed by atoms with Crippen molar-refractivity contribution in [3.8, 4) is 62.1 Å². The third-order valence-electron chi connectivity index (χ3n) is 11.6. The smallest absolute Gasteiger partial charge is 0.268 e. The first-order valence-electron chi connectivity index (χ1n) is 21.0. The van der Waals surface area contributed by atoms with Gasteiger partial charge in [-0.3, -0.25) is 4.57 Å². The molecule has 3 aromatic heterocycles. The molecular formula is C57H40N4OPt-2. The van der Waals surface area contributed by atoms with Crippen LogP contribution < -0.4 is 9.30 Å². The Labute approximate surface area is 381 Å². The van der Waals surface area contributed by atoms with Crippen LogP contribution in [-0.4, -0.2) is 14.1 Å². The van der Waals surface area contributed by atoms with Crippen molar-refractivity contribution in [1.82, 2.24) is 14.1 Å². The number of fused-ring (bicyclic) bond motifs is 4. The molecule has 8 aromatic carbocycles.